The Balaban J connectivity index is 1.95. The van der Waals surface area contributed by atoms with Gasteiger partial charge in [-0.1, -0.05) is 0 Å². The van der Waals surface area contributed by atoms with Crippen LogP contribution in [0.2, 0.25) is 0 Å². The normalized spacial score (nSPS) is 25.7. The molecule has 4 nitrogen and oxygen atoms in total. The van der Waals surface area contributed by atoms with Crippen LogP contribution in [0.3, 0.4) is 0 Å². The smallest absolute Gasteiger partial charge is 0.410 e. The van der Waals surface area contributed by atoms with Crippen LogP contribution in [0.1, 0.15) is 27.2 Å². The zero-order chi connectivity index (χ0) is 13.6. The molecule has 104 valence electrons. The molecule has 0 bridgehead atoms. The van der Waals surface area contributed by atoms with Gasteiger partial charge in [0.05, 0.1) is 12.0 Å². The van der Waals surface area contributed by atoms with Crippen molar-refractivity contribution in [1.29, 1.82) is 0 Å². The lowest BCUT2D eigenvalue weighted by atomic mass is 9.70. The van der Waals surface area contributed by atoms with E-state index in [-0.39, 0.29) is 19.6 Å². The number of amides is 1. The van der Waals surface area contributed by atoms with Crippen molar-refractivity contribution in [3.63, 3.8) is 0 Å². The molecule has 2 rings (SSSR count). The van der Waals surface area contributed by atoms with Crippen molar-refractivity contribution in [1.82, 2.24) is 10.2 Å². The second-order valence-corrected chi connectivity index (χ2v) is 6.25. The maximum absolute atomic E-state index is 13.8. The van der Waals surface area contributed by atoms with Crippen LogP contribution in [0.15, 0.2) is 0 Å². The number of halogens is 2. The molecule has 2 saturated heterocycles. The number of likely N-dealkylation sites (tertiary alicyclic amines) is 1. The summed E-state index contributed by atoms with van der Waals surface area (Å²) in [5, 5.41) is 2.70. The molecule has 0 unspecified atom stereocenters. The highest BCUT2D eigenvalue weighted by Gasteiger charge is 2.62. The van der Waals surface area contributed by atoms with E-state index in [1.54, 1.807) is 20.8 Å². The molecule has 1 amide bonds. The summed E-state index contributed by atoms with van der Waals surface area (Å²) in [5.41, 5.74) is -1.63. The number of carbonyl (C=O) groups is 1. The van der Waals surface area contributed by atoms with Gasteiger partial charge in [-0.15, -0.1) is 0 Å². The van der Waals surface area contributed by atoms with Crippen molar-refractivity contribution < 1.29 is 18.3 Å². The van der Waals surface area contributed by atoms with Crippen molar-refractivity contribution in [3.8, 4) is 0 Å². The van der Waals surface area contributed by atoms with Crippen LogP contribution in [0, 0.1) is 5.41 Å². The summed E-state index contributed by atoms with van der Waals surface area (Å²) in [5.74, 6) is -2.75. The molecule has 0 aromatic carbocycles. The van der Waals surface area contributed by atoms with E-state index < -0.39 is 23.0 Å². The first kappa shape index (κ1) is 13.5. The number of nitrogens with zero attached hydrogens (tertiary/aromatic N) is 1. The fraction of sp³-hybridized carbons (Fsp3) is 0.917. The number of piperidine rings is 1. The topological polar surface area (TPSA) is 41.6 Å². The van der Waals surface area contributed by atoms with E-state index in [0.29, 0.717) is 13.0 Å². The fourth-order valence-corrected chi connectivity index (χ4v) is 2.47. The van der Waals surface area contributed by atoms with Crippen LogP contribution in [0.25, 0.3) is 0 Å². The molecule has 2 fully saturated rings. The second-order valence-electron chi connectivity index (χ2n) is 6.25. The Morgan fingerprint density at radius 2 is 1.94 bits per heavy atom. The summed E-state index contributed by atoms with van der Waals surface area (Å²) >= 11 is 0. The maximum atomic E-state index is 13.8. The molecule has 0 aliphatic carbocycles. The molecule has 2 aliphatic heterocycles. The third-order valence-electron chi connectivity index (χ3n) is 3.54. The first-order chi connectivity index (χ1) is 8.15. The molecule has 6 heteroatoms. The van der Waals surface area contributed by atoms with Gasteiger partial charge in [0.1, 0.15) is 5.60 Å². The summed E-state index contributed by atoms with van der Waals surface area (Å²) in [6.45, 7) is 5.76. The van der Waals surface area contributed by atoms with Crippen LogP contribution < -0.4 is 5.32 Å². The first-order valence-electron chi connectivity index (χ1n) is 6.22. The zero-order valence-corrected chi connectivity index (χ0v) is 11.1. The molecule has 0 radical (unpaired) electrons. The molecule has 0 saturated carbocycles. The van der Waals surface area contributed by atoms with E-state index in [2.05, 4.69) is 5.32 Å². The fourth-order valence-electron chi connectivity index (χ4n) is 2.47. The predicted octanol–water partition coefficient (Wildman–Crippen LogP) is 1.85. The minimum Gasteiger partial charge on any atom is -0.444 e. The Kier molecular flexibility index (Phi) is 3.04. The van der Waals surface area contributed by atoms with Gasteiger partial charge in [0, 0.05) is 13.1 Å². The highest BCUT2D eigenvalue weighted by Crippen LogP contribution is 2.48. The van der Waals surface area contributed by atoms with Crippen molar-refractivity contribution in [2.75, 3.05) is 26.2 Å². The monoisotopic (exact) mass is 262 g/mol. The summed E-state index contributed by atoms with van der Waals surface area (Å²) < 4.78 is 32.8. The third kappa shape index (κ3) is 2.30. The van der Waals surface area contributed by atoms with E-state index in [1.165, 1.54) is 4.90 Å². The van der Waals surface area contributed by atoms with E-state index >= 15 is 0 Å². The quantitative estimate of drug-likeness (QED) is 0.724. The lowest BCUT2D eigenvalue weighted by molar-refractivity contribution is -0.197. The van der Waals surface area contributed by atoms with Crippen molar-refractivity contribution in [2.45, 2.75) is 38.7 Å². The van der Waals surface area contributed by atoms with Gasteiger partial charge in [-0.25, -0.2) is 13.6 Å². The van der Waals surface area contributed by atoms with Gasteiger partial charge in [0.2, 0.25) is 0 Å². The Bertz CT molecular complexity index is 346. The van der Waals surface area contributed by atoms with Crippen LogP contribution in [0.5, 0.6) is 0 Å². The Morgan fingerprint density at radius 3 is 2.44 bits per heavy atom. The Hall–Kier alpha value is -0.910. The van der Waals surface area contributed by atoms with Gasteiger partial charge in [0.25, 0.3) is 5.92 Å². The lowest BCUT2D eigenvalue weighted by Crippen LogP contribution is -2.70. The van der Waals surface area contributed by atoms with Gasteiger partial charge in [-0.3, -0.25) is 0 Å². The predicted molar refractivity (Wildman–Crippen MR) is 62.7 cm³/mol. The SMILES string of the molecule is CC(C)(C)OC(=O)N1CC2(CCNCC2(F)F)C1. The summed E-state index contributed by atoms with van der Waals surface area (Å²) in [7, 11) is 0. The zero-order valence-electron chi connectivity index (χ0n) is 11.1. The van der Waals surface area contributed by atoms with E-state index in [0.717, 1.165) is 0 Å². The van der Waals surface area contributed by atoms with Gasteiger partial charge >= 0.3 is 6.09 Å². The first-order valence-corrected chi connectivity index (χ1v) is 6.22. The third-order valence-corrected chi connectivity index (χ3v) is 3.54. The van der Waals surface area contributed by atoms with Crippen molar-refractivity contribution in [2.24, 2.45) is 5.41 Å². The molecule has 1 spiro atoms. The summed E-state index contributed by atoms with van der Waals surface area (Å²) in [6, 6.07) is 0. The average Bonchev–Trinajstić information content (AvgIpc) is 2.10. The summed E-state index contributed by atoms with van der Waals surface area (Å²) in [6.07, 6.45) is -0.0956. The van der Waals surface area contributed by atoms with E-state index in [1.807, 2.05) is 0 Å². The van der Waals surface area contributed by atoms with Crippen molar-refractivity contribution >= 4 is 6.09 Å². The Morgan fingerprint density at radius 1 is 1.33 bits per heavy atom. The number of ether oxygens (including phenoxy) is 1. The number of nitrogens with one attached hydrogen (secondary N) is 1. The van der Waals surface area contributed by atoms with E-state index in [9.17, 15) is 13.6 Å². The van der Waals surface area contributed by atoms with Crippen LogP contribution >= 0.6 is 0 Å². The molecule has 2 heterocycles. The minimum atomic E-state index is -2.75. The molecule has 0 aromatic rings. The number of hydrogen-bond acceptors (Lipinski definition) is 3. The summed E-state index contributed by atoms with van der Waals surface area (Å²) in [4.78, 5) is 13.1. The van der Waals surface area contributed by atoms with Crippen LogP contribution in [-0.2, 0) is 4.74 Å². The standard InChI is InChI=1S/C12H20F2N2O2/c1-10(2,3)18-9(17)16-7-11(8-16)4-5-15-6-12(11,13)14/h15H,4-8H2,1-3H3. The van der Waals surface area contributed by atoms with Gasteiger partial charge in [-0.2, -0.15) is 0 Å². The molecule has 2 aliphatic rings. The highest BCUT2D eigenvalue weighted by atomic mass is 19.3. The Labute approximate surface area is 106 Å². The van der Waals surface area contributed by atoms with E-state index in [4.69, 9.17) is 4.74 Å². The largest absolute Gasteiger partial charge is 0.444 e. The second kappa shape index (κ2) is 4.05. The van der Waals surface area contributed by atoms with Crippen molar-refractivity contribution in [3.05, 3.63) is 0 Å². The number of rotatable bonds is 0. The average molecular weight is 262 g/mol. The number of hydrogen-bond donors (Lipinski definition) is 1. The van der Waals surface area contributed by atoms with Gasteiger partial charge in [0.15, 0.2) is 0 Å². The lowest BCUT2D eigenvalue weighted by Gasteiger charge is -2.55. The molecule has 18 heavy (non-hydrogen) atoms. The molecule has 0 aromatic heterocycles. The van der Waals surface area contributed by atoms with Gasteiger partial charge in [-0.05, 0) is 33.7 Å². The molecular weight excluding hydrogens is 242 g/mol. The van der Waals surface area contributed by atoms with Gasteiger partial charge < -0.3 is 15.0 Å². The van der Waals surface area contributed by atoms with Crippen LogP contribution in [0.4, 0.5) is 13.6 Å². The minimum absolute atomic E-state index is 0.0938. The maximum Gasteiger partial charge on any atom is 0.410 e. The number of alkyl halides is 2. The molecule has 0 atom stereocenters. The van der Waals surface area contributed by atoms with Crippen LogP contribution in [-0.4, -0.2) is 48.7 Å². The highest BCUT2D eigenvalue weighted by molar-refractivity contribution is 5.69. The molecule has 1 N–H and O–H groups in total. The molecular formula is C12H20F2N2O2. The number of carbonyl (C=O) groups excluding carboxylic acids is 1.